The van der Waals surface area contributed by atoms with Crippen molar-refractivity contribution in [2.45, 2.75) is 26.2 Å². The third-order valence-electron chi connectivity index (χ3n) is 4.06. The Hall–Kier alpha value is -2.55. The topological polar surface area (TPSA) is 35.5 Å². The van der Waals surface area contributed by atoms with Crippen molar-refractivity contribution in [1.29, 1.82) is 0 Å². The minimum atomic E-state index is -0.316. The third-order valence-corrected chi connectivity index (χ3v) is 4.06. The first kappa shape index (κ1) is 16.3. The van der Waals surface area contributed by atoms with E-state index in [1.807, 2.05) is 24.3 Å². The van der Waals surface area contributed by atoms with Gasteiger partial charge in [-0.05, 0) is 40.8 Å². The molecule has 0 N–H and O–H groups in total. The summed E-state index contributed by atoms with van der Waals surface area (Å²) in [5.41, 5.74) is 0. The Morgan fingerprint density at radius 1 is 0.917 bits per heavy atom. The van der Waals surface area contributed by atoms with E-state index in [1.54, 1.807) is 0 Å². The quantitative estimate of drug-likeness (QED) is 0.345. The zero-order valence-electron chi connectivity index (χ0n) is 14.0. The van der Waals surface area contributed by atoms with Gasteiger partial charge in [0, 0.05) is 5.39 Å². The highest BCUT2D eigenvalue weighted by atomic mass is 16.6. The second kappa shape index (κ2) is 7.82. The Morgan fingerprint density at radius 3 is 2.46 bits per heavy atom. The summed E-state index contributed by atoms with van der Waals surface area (Å²) in [5, 5.41) is 4.46. The van der Waals surface area contributed by atoms with E-state index in [1.165, 1.54) is 5.39 Å². The van der Waals surface area contributed by atoms with Gasteiger partial charge in [-0.15, -0.1) is 0 Å². The maximum absolute atomic E-state index is 11.8. The Bertz CT molecular complexity index is 839. The van der Waals surface area contributed by atoms with Crippen LogP contribution in [0.1, 0.15) is 26.2 Å². The van der Waals surface area contributed by atoms with Crippen molar-refractivity contribution in [2.75, 3.05) is 13.2 Å². The van der Waals surface area contributed by atoms with Crippen LogP contribution in [0.4, 0.5) is 0 Å². The maximum atomic E-state index is 11.8. The number of carbonyl (C=O) groups excluding carboxylic acids is 1. The van der Waals surface area contributed by atoms with E-state index >= 15 is 0 Å². The summed E-state index contributed by atoms with van der Waals surface area (Å²) in [7, 11) is 0. The summed E-state index contributed by atoms with van der Waals surface area (Å²) in [4.78, 5) is 11.8. The van der Waals surface area contributed by atoms with Gasteiger partial charge in [-0.25, -0.2) is 4.79 Å². The lowest BCUT2D eigenvalue weighted by molar-refractivity contribution is -0.146. The van der Waals surface area contributed by atoms with E-state index in [2.05, 4.69) is 37.3 Å². The molecule has 0 unspecified atom stereocenters. The molecule has 3 nitrogen and oxygen atoms in total. The molecule has 3 rings (SSSR count). The van der Waals surface area contributed by atoms with Crippen LogP contribution >= 0.6 is 0 Å². The van der Waals surface area contributed by atoms with Gasteiger partial charge < -0.3 is 9.47 Å². The normalized spacial score (nSPS) is 10.9. The Morgan fingerprint density at radius 2 is 1.67 bits per heavy atom. The van der Waals surface area contributed by atoms with Crippen molar-refractivity contribution in [2.24, 2.45) is 0 Å². The van der Waals surface area contributed by atoms with Crippen molar-refractivity contribution in [3.8, 4) is 5.75 Å². The first-order valence-corrected chi connectivity index (χ1v) is 8.48. The van der Waals surface area contributed by atoms with E-state index in [0.717, 1.165) is 35.4 Å². The highest BCUT2D eigenvalue weighted by Gasteiger charge is 2.08. The molecule has 0 spiro atoms. The average Bonchev–Trinajstić information content (AvgIpc) is 2.62. The molecule has 0 radical (unpaired) electrons. The molecule has 0 saturated heterocycles. The van der Waals surface area contributed by atoms with Gasteiger partial charge in [-0.3, -0.25) is 0 Å². The predicted molar refractivity (Wildman–Crippen MR) is 97.4 cm³/mol. The Labute approximate surface area is 142 Å². The van der Waals surface area contributed by atoms with Crippen LogP contribution in [0.3, 0.4) is 0 Å². The van der Waals surface area contributed by atoms with Crippen LogP contribution in [-0.2, 0) is 9.53 Å². The van der Waals surface area contributed by atoms with Gasteiger partial charge in [0.15, 0.2) is 6.61 Å². The fourth-order valence-electron chi connectivity index (χ4n) is 2.78. The SMILES string of the molecule is CCCCCOC(=O)COc1cccc2cc3ccccc3cc12. The van der Waals surface area contributed by atoms with Gasteiger partial charge in [-0.2, -0.15) is 0 Å². The van der Waals surface area contributed by atoms with Crippen molar-refractivity contribution in [1.82, 2.24) is 0 Å². The maximum Gasteiger partial charge on any atom is 0.344 e. The van der Waals surface area contributed by atoms with E-state index in [4.69, 9.17) is 9.47 Å². The number of fused-ring (bicyclic) bond motifs is 2. The lowest BCUT2D eigenvalue weighted by Gasteiger charge is -2.10. The summed E-state index contributed by atoms with van der Waals surface area (Å²) in [6.45, 7) is 2.53. The molecule has 3 aromatic carbocycles. The molecule has 3 aromatic rings. The Kier molecular flexibility index (Phi) is 5.32. The molecule has 0 atom stereocenters. The zero-order chi connectivity index (χ0) is 16.8. The van der Waals surface area contributed by atoms with E-state index in [9.17, 15) is 4.79 Å². The highest BCUT2D eigenvalue weighted by molar-refractivity contribution is 6.00. The lowest BCUT2D eigenvalue weighted by atomic mass is 10.0. The third kappa shape index (κ3) is 3.85. The molecule has 0 heterocycles. The van der Waals surface area contributed by atoms with Gasteiger partial charge in [0.05, 0.1) is 6.61 Å². The first-order valence-electron chi connectivity index (χ1n) is 8.48. The average molecular weight is 322 g/mol. The van der Waals surface area contributed by atoms with Crippen molar-refractivity contribution >= 4 is 27.5 Å². The van der Waals surface area contributed by atoms with Crippen molar-refractivity contribution < 1.29 is 14.3 Å². The summed E-state index contributed by atoms with van der Waals surface area (Å²) in [6, 6.07) is 18.4. The molecule has 3 heteroatoms. The van der Waals surface area contributed by atoms with Gasteiger partial charge in [0.2, 0.25) is 0 Å². The second-order valence-electron chi connectivity index (χ2n) is 5.89. The number of hydrogen-bond acceptors (Lipinski definition) is 3. The van der Waals surface area contributed by atoms with E-state index < -0.39 is 0 Å². The summed E-state index contributed by atoms with van der Waals surface area (Å²) in [6.07, 6.45) is 3.09. The van der Waals surface area contributed by atoms with Crippen LogP contribution in [0, 0.1) is 0 Å². The van der Waals surface area contributed by atoms with Crippen LogP contribution in [0.5, 0.6) is 5.75 Å². The minimum Gasteiger partial charge on any atom is -0.481 e. The number of benzene rings is 3. The molecule has 0 aromatic heterocycles. The molecule has 24 heavy (non-hydrogen) atoms. The highest BCUT2D eigenvalue weighted by Crippen LogP contribution is 2.29. The molecule has 0 aliphatic carbocycles. The molecule has 0 bridgehead atoms. The summed E-state index contributed by atoms with van der Waals surface area (Å²) >= 11 is 0. The zero-order valence-corrected chi connectivity index (χ0v) is 14.0. The standard InChI is InChI=1S/C21H22O3/c1-2-3-6-12-23-21(22)15-24-20-11-7-10-18-13-16-8-4-5-9-17(16)14-19(18)20/h4-5,7-11,13-14H,2-3,6,12,15H2,1H3. The van der Waals surface area contributed by atoms with Crippen LogP contribution in [-0.4, -0.2) is 19.2 Å². The fourth-order valence-corrected chi connectivity index (χ4v) is 2.78. The van der Waals surface area contributed by atoms with Gasteiger partial charge in [0.1, 0.15) is 5.75 Å². The van der Waals surface area contributed by atoms with E-state index in [-0.39, 0.29) is 12.6 Å². The molecular formula is C21H22O3. The lowest BCUT2D eigenvalue weighted by Crippen LogP contribution is -2.15. The number of rotatable bonds is 7. The van der Waals surface area contributed by atoms with Crippen LogP contribution < -0.4 is 4.74 Å². The largest absolute Gasteiger partial charge is 0.481 e. The fraction of sp³-hybridized carbons (Fsp3) is 0.286. The van der Waals surface area contributed by atoms with Crippen LogP contribution in [0.15, 0.2) is 54.6 Å². The summed E-state index contributed by atoms with van der Waals surface area (Å²) < 4.78 is 10.9. The first-order chi connectivity index (χ1) is 11.8. The van der Waals surface area contributed by atoms with E-state index in [0.29, 0.717) is 12.4 Å². The predicted octanol–water partition coefficient (Wildman–Crippen LogP) is 5.11. The smallest absolute Gasteiger partial charge is 0.344 e. The Balaban J connectivity index is 1.72. The van der Waals surface area contributed by atoms with Crippen LogP contribution in [0.2, 0.25) is 0 Å². The van der Waals surface area contributed by atoms with Crippen molar-refractivity contribution in [3.63, 3.8) is 0 Å². The molecular weight excluding hydrogens is 300 g/mol. The number of hydrogen-bond donors (Lipinski definition) is 0. The molecule has 124 valence electrons. The molecule has 0 amide bonds. The molecule has 0 aliphatic heterocycles. The number of esters is 1. The molecule has 0 aliphatic rings. The molecule has 0 fully saturated rings. The van der Waals surface area contributed by atoms with Gasteiger partial charge in [0.25, 0.3) is 0 Å². The molecule has 0 saturated carbocycles. The number of ether oxygens (including phenoxy) is 2. The van der Waals surface area contributed by atoms with Gasteiger partial charge in [-0.1, -0.05) is 56.2 Å². The minimum absolute atomic E-state index is 0.0575. The van der Waals surface area contributed by atoms with Gasteiger partial charge >= 0.3 is 5.97 Å². The monoisotopic (exact) mass is 322 g/mol. The summed E-state index contributed by atoms with van der Waals surface area (Å²) in [5.74, 6) is 0.396. The van der Waals surface area contributed by atoms with Crippen molar-refractivity contribution in [3.05, 3.63) is 54.6 Å². The number of carbonyl (C=O) groups is 1. The number of unbranched alkanes of at least 4 members (excludes halogenated alkanes) is 2. The second-order valence-corrected chi connectivity index (χ2v) is 5.89. The van der Waals surface area contributed by atoms with Crippen LogP contribution in [0.25, 0.3) is 21.5 Å².